The molecule has 1 aliphatic rings. The maximum Gasteiger partial charge on any atom is 0.335 e. The molecular weight excluding hydrogens is 312 g/mol. The van der Waals surface area contributed by atoms with Crippen molar-refractivity contribution in [2.24, 2.45) is 5.41 Å². The highest BCUT2D eigenvalue weighted by atomic mass is 32.1. The Kier molecular flexibility index (Phi) is 4.17. The maximum atomic E-state index is 12.4. The molecule has 1 aromatic heterocycles. The van der Waals surface area contributed by atoms with Gasteiger partial charge in [-0.2, -0.15) is 0 Å². The number of hydrogen-bond donors (Lipinski definition) is 2. The van der Waals surface area contributed by atoms with Gasteiger partial charge in [-0.05, 0) is 25.0 Å². The van der Waals surface area contributed by atoms with Crippen LogP contribution in [0.2, 0.25) is 0 Å². The van der Waals surface area contributed by atoms with Crippen LogP contribution in [0, 0.1) is 5.41 Å². The van der Waals surface area contributed by atoms with Gasteiger partial charge in [0.05, 0.1) is 5.56 Å². The molecule has 6 heteroatoms. The molecule has 1 aliphatic carbocycles. The van der Waals surface area contributed by atoms with Crippen LogP contribution in [0.5, 0.6) is 0 Å². The van der Waals surface area contributed by atoms with E-state index in [9.17, 15) is 9.59 Å². The molecule has 5 nitrogen and oxygen atoms in total. The lowest BCUT2D eigenvalue weighted by molar-refractivity contribution is -0.124. The fraction of sp³-hybridized carbons (Fsp3) is 0.353. The first-order valence-electron chi connectivity index (χ1n) is 7.59. The SMILES string of the molecule is CC1(C(=O)Nc2csc(-c3ccc(C(=O)O)cc3)n2)CCCC1. The number of rotatable bonds is 4. The highest BCUT2D eigenvalue weighted by molar-refractivity contribution is 7.13. The summed E-state index contributed by atoms with van der Waals surface area (Å²) in [5.41, 5.74) is 0.799. The zero-order valence-corrected chi connectivity index (χ0v) is 13.7. The lowest BCUT2D eigenvalue weighted by atomic mass is 9.88. The second kappa shape index (κ2) is 6.12. The molecule has 0 saturated heterocycles. The van der Waals surface area contributed by atoms with Gasteiger partial charge >= 0.3 is 5.97 Å². The molecule has 1 fully saturated rings. The third kappa shape index (κ3) is 3.27. The molecule has 3 rings (SSSR count). The van der Waals surface area contributed by atoms with E-state index in [4.69, 9.17) is 5.11 Å². The number of aromatic nitrogens is 1. The van der Waals surface area contributed by atoms with Crippen LogP contribution in [0.3, 0.4) is 0 Å². The lowest BCUT2D eigenvalue weighted by Crippen LogP contribution is -2.30. The smallest absolute Gasteiger partial charge is 0.335 e. The van der Waals surface area contributed by atoms with E-state index in [1.165, 1.54) is 11.3 Å². The van der Waals surface area contributed by atoms with Crippen LogP contribution in [0.15, 0.2) is 29.6 Å². The first kappa shape index (κ1) is 15.7. The molecular formula is C17H18N2O3S. The summed E-state index contributed by atoms with van der Waals surface area (Å²) < 4.78 is 0. The van der Waals surface area contributed by atoms with E-state index in [2.05, 4.69) is 10.3 Å². The molecule has 0 bridgehead atoms. The van der Waals surface area contributed by atoms with Gasteiger partial charge in [-0.25, -0.2) is 9.78 Å². The van der Waals surface area contributed by atoms with Crippen LogP contribution < -0.4 is 5.32 Å². The molecule has 2 N–H and O–H groups in total. The standard InChI is InChI=1S/C17H18N2O3S/c1-17(8-2-3-9-17)16(22)19-13-10-23-14(18-13)11-4-6-12(7-5-11)15(20)21/h4-7,10H,2-3,8-9H2,1H3,(H,19,22)(H,20,21). The average Bonchev–Trinajstić information content (AvgIpc) is 3.17. The Morgan fingerprint density at radius 2 is 1.87 bits per heavy atom. The third-order valence-corrected chi connectivity index (χ3v) is 5.27. The summed E-state index contributed by atoms with van der Waals surface area (Å²) in [7, 11) is 0. The van der Waals surface area contributed by atoms with Gasteiger partial charge in [0.15, 0.2) is 0 Å². The van der Waals surface area contributed by atoms with E-state index in [1.807, 2.05) is 12.3 Å². The van der Waals surface area contributed by atoms with Gasteiger partial charge in [-0.15, -0.1) is 11.3 Å². The molecule has 1 amide bonds. The first-order valence-corrected chi connectivity index (χ1v) is 8.47. The van der Waals surface area contributed by atoms with Crippen molar-refractivity contribution in [3.8, 4) is 10.6 Å². The van der Waals surface area contributed by atoms with Crippen LogP contribution in [-0.4, -0.2) is 22.0 Å². The van der Waals surface area contributed by atoms with Gasteiger partial charge in [-0.3, -0.25) is 4.79 Å². The molecule has 2 aromatic rings. The summed E-state index contributed by atoms with van der Waals surface area (Å²) in [6, 6.07) is 6.56. The van der Waals surface area contributed by atoms with Crippen LogP contribution >= 0.6 is 11.3 Å². The highest BCUT2D eigenvalue weighted by Crippen LogP contribution is 2.38. The van der Waals surface area contributed by atoms with E-state index < -0.39 is 5.97 Å². The summed E-state index contributed by atoms with van der Waals surface area (Å²) in [5.74, 6) is -0.355. The number of carboxylic acids is 1. The highest BCUT2D eigenvalue weighted by Gasteiger charge is 2.36. The number of anilines is 1. The van der Waals surface area contributed by atoms with Crippen LogP contribution in [0.4, 0.5) is 5.82 Å². The van der Waals surface area contributed by atoms with Crippen molar-refractivity contribution in [3.05, 3.63) is 35.2 Å². The minimum Gasteiger partial charge on any atom is -0.478 e. The van der Waals surface area contributed by atoms with Crippen molar-refractivity contribution in [3.63, 3.8) is 0 Å². The van der Waals surface area contributed by atoms with Crippen molar-refractivity contribution in [2.45, 2.75) is 32.6 Å². The molecule has 1 aromatic carbocycles. The normalized spacial score (nSPS) is 16.2. The second-order valence-corrected chi connectivity index (χ2v) is 7.00. The Morgan fingerprint density at radius 1 is 1.22 bits per heavy atom. The summed E-state index contributed by atoms with van der Waals surface area (Å²) in [5, 5.41) is 14.4. The van der Waals surface area contributed by atoms with Crippen molar-refractivity contribution >= 4 is 29.0 Å². The van der Waals surface area contributed by atoms with Gasteiger partial charge in [0.25, 0.3) is 0 Å². The van der Waals surface area contributed by atoms with Gasteiger partial charge < -0.3 is 10.4 Å². The molecule has 0 radical (unpaired) electrons. The Morgan fingerprint density at radius 3 is 2.48 bits per heavy atom. The van der Waals surface area contributed by atoms with E-state index in [0.29, 0.717) is 5.82 Å². The number of aromatic carboxylic acids is 1. The monoisotopic (exact) mass is 330 g/mol. The maximum absolute atomic E-state index is 12.4. The van der Waals surface area contributed by atoms with Gasteiger partial charge in [0, 0.05) is 16.4 Å². The molecule has 0 aliphatic heterocycles. The van der Waals surface area contributed by atoms with Gasteiger partial charge in [0.1, 0.15) is 10.8 Å². The van der Waals surface area contributed by atoms with E-state index >= 15 is 0 Å². The molecule has 23 heavy (non-hydrogen) atoms. The van der Waals surface area contributed by atoms with Crippen molar-refractivity contribution < 1.29 is 14.7 Å². The zero-order valence-electron chi connectivity index (χ0n) is 12.8. The Hall–Kier alpha value is -2.21. The van der Waals surface area contributed by atoms with Crippen LogP contribution in [0.1, 0.15) is 43.0 Å². The zero-order chi connectivity index (χ0) is 16.4. The van der Waals surface area contributed by atoms with E-state index in [0.717, 1.165) is 36.3 Å². The third-order valence-electron chi connectivity index (χ3n) is 4.38. The van der Waals surface area contributed by atoms with Gasteiger partial charge in [-0.1, -0.05) is 31.9 Å². The molecule has 0 spiro atoms. The number of benzene rings is 1. The Bertz CT molecular complexity index is 731. The average molecular weight is 330 g/mol. The fourth-order valence-electron chi connectivity index (χ4n) is 2.87. The van der Waals surface area contributed by atoms with Crippen LogP contribution in [0.25, 0.3) is 10.6 Å². The van der Waals surface area contributed by atoms with Gasteiger partial charge in [0.2, 0.25) is 5.91 Å². The fourth-order valence-corrected chi connectivity index (χ4v) is 3.63. The summed E-state index contributed by atoms with van der Waals surface area (Å²) in [6.07, 6.45) is 4.04. The predicted octanol–water partition coefficient (Wildman–Crippen LogP) is 4.03. The minimum atomic E-state index is -0.951. The van der Waals surface area contributed by atoms with E-state index in [1.54, 1.807) is 24.3 Å². The molecule has 1 saturated carbocycles. The van der Waals surface area contributed by atoms with Crippen molar-refractivity contribution in [2.75, 3.05) is 5.32 Å². The quantitative estimate of drug-likeness (QED) is 0.887. The molecule has 0 atom stereocenters. The summed E-state index contributed by atoms with van der Waals surface area (Å²) in [4.78, 5) is 27.7. The summed E-state index contributed by atoms with van der Waals surface area (Å²) >= 11 is 1.43. The number of carboxylic acid groups (broad SMARTS) is 1. The number of hydrogen-bond acceptors (Lipinski definition) is 4. The predicted molar refractivity (Wildman–Crippen MR) is 89.7 cm³/mol. The number of amides is 1. The molecule has 1 heterocycles. The lowest BCUT2D eigenvalue weighted by Gasteiger charge is -2.21. The number of nitrogens with one attached hydrogen (secondary N) is 1. The number of carbonyl (C=O) groups excluding carboxylic acids is 1. The topological polar surface area (TPSA) is 79.3 Å². The second-order valence-electron chi connectivity index (χ2n) is 6.14. The van der Waals surface area contributed by atoms with E-state index in [-0.39, 0.29) is 16.9 Å². The first-order chi connectivity index (χ1) is 11.0. The van der Waals surface area contributed by atoms with Crippen molar-refractivity contribution in [1.82, 2.24) is 4.98 Å². The largest absolute Gasteiger partial charge is 0.478 e. The number of thiazole rings is 1. The Balaban J connectivity index is 1.72. The summed E-state index contributed by atoms with van der Waals surface area (Å²) in [6.45, 7) is 2.01. The van der Waals surface area contributed by atoms with Crippen LogP contribution in [-0.2, 0) is 4.79 Å². The number of nitrogens with zero attached hydrogens (tertiary/aromatic N) is 1. The van der Waals surface area contributed by atoms with Crippen molar-refractivity contribution in [1.29, 1.82) is 0 Å². The molecule has 0 unspecified atom stereocenters. The Labute approximate surface area is 138 Å². The molecule has 120 valence electrons. The minimum absolute atomic E-state index is 0.0353. The number of carbonyl (C=O) groups is 2.